The molecular weight excluding hydrogens is 454 g/mol. The fraction of sp³-hybridized carbons (Fsp3) is 0.240. The Labute approximate surface area is 202 Å². The van der Waals surface area contributed by atoms with Gasteiger partial charge in [0.25, 0.3) is 11.8 Å². The van der Waals surface area contributed by atoms with Crippen molar-refractivity contribution in [1.82, 2.24) is 5.43 Å². The molecule has 6 nitrogen and oxygen atoms in total. The predicted molar refractivity (Wildman–Crippen MR) is 138 cm³/mol. The van der Waals surface area contributed by atoms with E-state index in [1.54, 1.807) is 24.0 Å². The van der Waals surface area contributed by atoms with E-state index >= 15 is 0 Å². The minimum Gasteiger partial charge on any atom is -0.396 e. The lowest BCUT2D eigenvalue weighted by atomic mass is 10.1. The summed E-state index contributed by atoms with van der Waals surface area (Å²) in [6.07, 6.45) is 2.34. The second-order valence-electron chi connectivity index (χ2n) is 7.52. The van der Waals surface area contributed by atoms with Crippen LogP contribution in [-0.4, -0.2) is 35.5 Å². The van der Waals surface area contributed by atoms with Crippen molar-refractivity contribution in [1.29, 1.82) is 0 Å². The molecule has 0 radical (unpaired) electrons. The van der Waals surface area contributed by atoms with Gasteiger partial charge in [-0.3, -0.25) is 9.59 Å². The highest BCUT2D eigenvalue weighted by Gasteiger charge is 2.19. The van der Waals surface area contributed by atoms with Gasteiger partial charge in [0, 0.05) is 17.9 Å². The van der Waals surface area contributed by atoms with Gasteiger partial charge in [-0.25, -0.2) is 5.43 Å². The van der Waals surface area contributed by atoms with Crippen molar-refractivity contribution in [2.75, 3.05) is 17.7 Å². The third kappa shape index (κ3) is 7.28. The lowest BCUT2D eigenvalue weighted by Crippen LogP contribution is -2.20. The molecule has 33 heavy (non-hydrogen) atoms. The highest BCUT2D eigenvalue weighted by molar-refractivity contribution is 7.98. The molecule has 0 fully saturated rings. The van der Waals surface area contributed by atoms with Crippen LogP contribution in [0.25, 0.3) is 0 Å². The third-order valence-electron chi connectivity index (χ3n) is 4.78. The number of amides is 2. The number of carbonyl (C=O) groups is 2. The smallest absolute Gasteiger partial charge is 0.283 e. The van der Waals surface area contributed by atoms with E-state index in [0.29, 0.717) is 16.1 Å². The number of hydrogen-bond donors (Lipinski definition) is 3. The number of thiophene rings is 1. The first-order valence-electron chi connectivity index (χ1n) is 10.5. The summed E-state index contributed by atoms with van der Waals surface area (Å²) in [5, 5.41) is 17.7. The summed E-state index contributed by atoms with van der Waals surface area (Å²) in [6.45, 7) is 4.04. The van der Waals surface area contributed by atoms with Gasteiger partial charge in [0.2, 0.25) is 0 Å². The second-order valence-corrected chi connectivity index (χ2v) is 9.50. The zero-order valence-corrected chi connectivity index (χ0v) is 20.3. The Morgan fingerprint density at radius 1 is 1.12 bits per heavy atom. The summed E-state index contributed by atoms with van der Waals surface area (Å²) in [7, 11) is 0. The largest absolute Gasteiger partial charge is 0.396 e. The van der Waals surface area contributed by atoms with Crippen LogP contribution < -0.4 is 10.7 Å². The number of aryl methyl sites for hydroxylation is 2. The molecule has 0 aliphatic heterocycles. The van der Waals surface area contributed by atoms with Crippen molar-refractivity contribution in [3.05, 3.63) is 86.6 Å². The number of benzene rings is 2. The van der Waals surface area contributed by atoms with E-state index < -0.39 is 0 Å². The minimum absolute atomic E-state index is 0.183. The molecule has 3 aromatic rings. The first kappa shape index (κ1) is 24.7. The molecule has 172 valence electrons. The van der Waals surface area contributed by atoms with Crippen LogP contribution in [0.3, 0.4) is 0 Å². The lowest BCUT2D eigenvalue weighted by Gasteiger charge is -2.09. The number of rotatable bonds is 10. The number of anilines is 1. The Kier molecular flexibility index (Phi) is 9.24. The third-order valence-corrected chi connectivity index (χ3v) is 6.99. The van der Waals surface area contributed by atoms with Crippen LogP contribution in [0.5, 0.6) is 0 Å². The van der Waals surface area contributed by atoms with Crippen molar-refractivity contribution >= 4 is 46.8 Å². The molecule has 3 N–H and O–H groups in total. The van der Waals surface area contributed by atoms with Crippen LogP contribution in [0.15, 0.2) is 59.0 Å². The van der Waals surface area contributed by atoms with E-state index in [-0.39, 0.29) is 18.4 Å². The molecule has 2 aromatic carbocycles. The number of nitrogens with zero attached hydrogens (tertiary/aromatic N) is 1. The average Bonchev–Trinajstić information content (AvgIpc) is 3.18. The van der Waals surface area contributed by atoms with Crippen molar-refractivity contribution in [3.63, 3.8) is 0 Å². The number of carbonyl (C=O) groups excluding carboxylic acids is 2. The van der Waals surface area contributed by atoms with E-state index in [0.717, 1.165) is 40.2 Å². The van der Waals surface area contributed by atoms with Crippen molar-refractivity contribution in [3.8, 4) is 0 Å². The molecule has 8 heteroatoms. The lowest BCUT2D eigenvalue weighted by molar-refractivity contribution is 0.0960. The number of hydrogen-bond acceptors (Lipinski definition) is 6. The maximum absolute atomic E-state index is 12.9. The standard InChI is InChI=1S/C25H27N3O3S2/c1-17-7-9-19(10-8-17)14-26-28-25(31)23-22(18(2)15-33-23)27-24(30)21-6-3-5-20(13-21)16-32-12-4-11-29/h3,5-10,13-15,29H,4,11-12,16H2,1-2H3,(H,27,30)(H,28,31). The van der Waals surface area contributed by atoms with Crippen LogP contribution in [-0.2, 0) is 5.75 Å². The first-order chi connectivity index (χ1) is 16.0. The quantitative estimate of drug-likeness (QED) is 0.216. The monoisotopic (exact) mass is 481 g/mol. The molecule has 0 atom stereocenters. The average molecular weight is 482 g/mol. The second kappa shape index (κ2) is 12.3. The Hall–Kier alpha value is -2.94. The number of aliphatic hydroxyl groups excluding tert-OH is 1. The molecule has 0 saturated heterocycles. The molecule has 2 amide bonds. The van der Waals surface area contributed by atoms with Gasteiger partial charge >= 0.3 is 0 Å². The van der Waals surface area contributed by atoms with E-state index in [9.17, 15) is 9.59 Å². The van der Waals surface area contributed by atoms with E-state index in [2.05, 4.69) is 15.8 Å². The fourth-order valence-corrected chi connectivity index (χ4v) is 4.77. The summed E-state index contributed by atoms with van der Waals surface area (Å²) >= 11 is 2.98. The molecule has 0 saturated carbocycles. The summed E-state index contributed by atoms with van der Waals surface area (Å²) in [5.41, 5.74) is 7.45. The summed E-state index contributed by atoms with van der Waals surface area (Å²) in [4.78, 5) is 26.0. The van der Waals surface area contributed by atoms with Gasteiger partial charge in [0.1, 0.15) is 4.88 Å². The molecule has 0 spiro atoms. The van der Waals surface area contributed by atoms with Gasteiger partial charge in [-0.15, -0.1) is 11.3 Å². The Bertz CT molecular complexity index is 1120. The molecule has 3 rings (SSSR count). The molecule has 1 heterocycles. The topological polar surface area (TPSA) is 90.8 Å². The maximum atomic E-state index is 12.9. The number of thioether (sulfide) groups is 1. The Morgan fingerprint density at radius 3 is 2.67 bits per heavy atom. The highest BCUT2D eigenvalue weighted by Crippen LogP contribution is 2.28. The summed E-state index contributed by atoms with van der Waals surface area (Å²) in [6, 6.07) is 15.2. The molecule has 0 unspecified atom stereocenters. The van der Waals surface area contributed by atoms with E-state index in [4.69, 9.17) is 5.11 Å². The Balaban J connectivity index is 1.65. The molecular formula is C25H27N3O3S2. The molecule has 1 aromatic heterocycles. The van der Waals surface area contributed by atoms with E-state index in [1.165, 1.54) is 11.3 Å². The van der Waals surface area contributed by atoms with Crippen LogP contribution in [0, 0.1) is 13.8 Å². The van der Waals surface area contributed by atoms with Crippen molar-refractivity contribution in [2.24, 2.45) is 5.10 Å². The highest BCUT2D eigenvalue weighted by atomic mass is 32.2. The van der Waals surface area contributed by atoms with Gasteiger partial charge < -0.3 is 10.4 Å². The van der Waals surface area contributed by atoms with Gasteiger partial charge in [-0.05, 0) is 60.2 Å². The zero-order chi connectivity index (χ0) is 23.6. The maximum Gasteiger partial charge on any atom is 0.283 e. The number of hydrazone groups is 1. The normalized spacial score (nSPS) is 11.0. The zero-order valence-electron chi connectivity index (χ0n) is 18.6. The van der Waals surface area contributed by atoms with Crippen LogP contribution in [0.1, 0.15) is 48.7 Å². The first-order valence-corrected chi connectivity index (χ1v) is 12.6. The van der Waals surface area contributed by atoms with Gasteiger partial charge in [-0.2, -0.15) is 16.9 Å². The molecule has 0 aliphatic rings. The number of aliphatic hydroxyl groups is 1. The minimum atomic E-state index is -0.374. The fourth-order valence-electron chi connectivity index (χ4n) is 2.98. The van der Waals surface area contributed by atoms with Gasteiger partial charge in [-0.1, -0.05) is 42.0 Å². The number of nitrogens with one attached hydrogen (secondary N) is 2. The molecule has 0 aliphatic carbocycles. The van der Waals surface area contributed by atoms with Gasteiger partial charge in [0.05, 0.1) is 11.9 Å². The summed E-state index contributed by atoms with van der Waals surface area (Å²) < 4.78 is 0. The SMILES string of the molecule is Cc1ccc(C=NNC(=O)c2scc(C)c2NC(=O)c2cccc(CSCCCO)c2)cc1. The Morgan fingerprint density at radius 2 is 1.91 bits per heavy atom. The van der Waals surface area contributed by atoms with Crippen LogP contribution >= 0.6 is 23.1 Å². The van der Waals surface area contributed by atoms with E-state index in [1.807, 2.05) is 61.7 Å². The predicted octanol–water partition coefficient (Wildman–Crippen LogP) is 5.00. The van der Waals surface area contributed by atoms with Crippen molar-refractivity contribution in [2.45, 2.75) is 26.0 Å². The van der Waals surface area contributed by atoms with Crippen LogP contribution in [0.2, 0.25) is 0 Å². The van der Waals surface area contributed by atoms with Crippen molar-refractivity contribution < 1.29 is 14.7 Å². The molecule has 0 bridgehead atoms. The summed E-state index contributed by atoms with van der Waals surface area (Å²) in [5.74, 6) is 0.994. The van der Waals surface area contributed by atoms with Gasteiger partial charge in [0.15, 0.2) is 0 Å². The van der Waals surface area contributed by atoms with Crippen LogP contribution in [0.4, 0.5) is 5.69 Å².